The van der Waals surface area contributed by atoms with E-state index in [1.54, 1.807) is 0 Å². The second-order valence-corrected chi connectivity index (χ2v) is 7.33. The molecule has 2 bridgehead atoms. The Balaban J connectivity index is 1.72. The van der Waals surface area contributed by atoms with E-state index in [1.165, 1.54) is 16.7 Å². The van der Waals surface area contributed by atoms with Crippen LogP contribution < -0.4 is 5.32 Å². The van der Waals surface area contributed by atoms with E-state index in [-0.39, 0.29) is 11.9 Å². The highest BCUT2D eigenvalue weighted by atomic mass is 35.5. The first kappa shape index (κ1) is 13.9. The Kier molecular flexibility index (Phi) is 3.32. The number of fused-ring (bicyclic) bond motifs is 1. The molecule has 0 radical (unpaired) electrons. The van der Waals surface area contributed by atoms with Crippen LogP contribution in [0.2, 0.25) is 0 Å². The van der Waals surface area contributed by atoms with Crippen LogP contribution in [-0.4, -0.2) is 10.8 Å². The molecule has 0 aromatic heterocycles. The van der Waals surface area contributed by atoms with Gasteiger partial charge in [0.25, 0.3) is 0 Å². The Bertz CT molecular complexity index is 550. The lowest BCUT2D eigenvalue weighted by Gasteiger charge is -2.30. The van der Waals surface area contributed by atoms with Crippen LogP contribution in [0, 0.1) is 25.7 Å². The Labute approximate surface area is 125 Å². The minimum absolute atomic E-state index is 0.0107. The zero-order chi connectivity index (χ0) is 14.5. The third-order valence-electron chi connectivity index (χ3n) is 5.09. The van der Waals surface area contributed by atoms with Gasteiger partial charge in [0.15, 0.2) is 0 Å². The number of aryl methyl sites for hydroxylation is 2. The number of rotatable bonds is 3. The van der Waals surface area contributed by atoms with E-state index in [9.17, 15) is 4.79 Å². The summed E-state index contributed by atoms with van der Waals surface area (Å²) in [6, 6.07) is 6.36. The Hall–Kier alpha value is -1.02. The van der Waals surface area contributed by atoms with Crippen LogP contribution >= 0.6 is 11.6 Å². The molecule has 2 nitrogen and oxygen atoms in total. The van der Waals surface area contributed by atoms with Gasteiger partial charge in [-0.05, 0) is 63.0 Å². The third kappa shape index (κ3) is 2.14. The maximum Gasteiger partial charge on any atom is 0.241 e. The summed E-state index contributed by atoms with van der Waals surface area (Å²) in [5.41, 5.74) is 3.64. The van der Waals surface area contributed by atoms with E-state index in [4.69, 9.17) is 11.6 Å². The Morgan fingerprint density at radius 2 is 2.10 bits per heavy atom. The first-order valence-electron chi connectivity index (χ1n) is 7.47. The molecular formula is C17H22ClNO. The molecule has 1 amide bonds. The summed E-state index contributed by atoms with van der Waals surface area (Å²) in [7, 11) is 0. The smallest absolute Gasteiger partial charge is 0.241 e. The lowest BCUT2D eigenvalue weighted by Crippen LogP contribution is -2.45. The van der Waals surface area contributed by atoms with Crippen molar-refractivity contribution in [3.05, 3.63) is 34.9 Å². The number of amides is 1. The fraction of sp³-hybridized carbons (Fsp3) is 0.588. The van der Waals surface area contributed by atoms with Gasteiger partial charge in [-0.3, -0.25) is 4.79 Å². The van der Waals surface area contributed by atoms with E-state index in [0.717, 1.165) is 19.3 Å². The standard InChI is InChI=1S/C17H22ClNO/c1-10-4-5-15(11(2)6-10)12(3)19-16(20)17(18)9-13-7-14(17)8-13/h4-6,12-14H,7-9H2,1-3H3,(H,19,20). The average Bonchev–Trinajstić information content (AvgIpc) is 2.82. The van der Waals surface area contributed by atoms with Crippen molar-refractivity contribution in [3.63, 3.8) is 0 Å². The number of benzene rings is 1. The van der Waals surface area contributed by atoms with Crippen molar-refractivity contribution in [1.82, 2.24) is 5.32 Å². The third-order valence-corrected chi connectivity index (χ3v) is 5.72. The molecule has 1 aromatic rings. The van der Waals surface area contributed by atoms with Crippen molar-refractivity contribution in [3.8, 4) is 0 Å². The van der Waals surface area contributed by atoms with Crippen molar-refractivity contribution < 1.29 is 4.79 Å². The van der Waals surface area contributed by atoms with Crippen LogP contribution in [0.25, 0.3) is 0 Å². The number of carbonyl (C=O) groups excluding carboxylic acids is 1. The Morgan fingerprint density at radius 1 is 1.40 bits per heavy atom. The van der Waals surface area contributed by atoms with Crippen molar-refractivity contribution in [2.24, 2.45) is 11.8 Å². The molecule has 1 N–H and O–H groups in total. The topological polar surface area (TPSA) is 29.1 Å². The van der Waals surface area contributed by atoms with Gasteiger partial charge in [0.05, 0.1) is 6.04 Å². The van der Waals surface area contributed by atoms with Gasteiger partial charge in [0.1, 0.15) is 4.87 Å². The zero-order valence-electron chi connectivity index (χ0n) is 12.4. The second-order valence-electron chi connectivity index (χ2n) is 6.66. The van der Waals surface area contributed by atoms with Gasteiger partial charge in [-0.2, -0.15) is 0 Å². The van der Waals surface area contributed by atoms with Gasteiger partial charge in [0, 0.05) is 0 Å². The molecule has 108 valence electrons. The number of alkyl halides is 1. The fourth-order valence-electron chi connectivity index (χ4n) is 3.85. The largest absolute Gasteiger partial charge is 0.348 e. The molecule has 3 fully saturated rings. The monoisotopic (exact) mass is 291 g/mol. The maximum atomic E-state index is 12.5. The first-order valence-corrected chi connectivity index (χ1v) is 7.85. The summed E-state index contributed by atoms with van der Waals surface area (Å²) in [4.78, 5) is 11.9. The van der Waals surface area contributed by atoms with Crippen molar-refractivity contribution in [2.75, 3.05) is 0 Å². The van der Waals surface area contributed by atoms with Gasteiger partial charge < -0.3 is 5.32 Å². The number of hydrogen-bond acceptors (Lipinski definition) is 1. The molecule has 0 spiro atoms. The minimum atomic E-state index is -0.641. The van der Waals surface area contributed by atoms with E-state index in [1.807, 2.05) is 6.92 Å². The minimum Gasteiger partial charge on any atom is -0.348 e. The van der Waals surface area contributed by atoms with Crippen molar-refractivity contribution in [2.45, 2.75) is 50.9 Å². The second kappa shape index (κ2) is 4.77. The van der Waals surface area contributed by atoms with Gasteiger partial charge in [-0.1, -0.05) is 23.8 Å². The highest BCUT2D eigenvalue weighted by Crippen LogP contribution is 2.58. The summed E-state index contributed by atoms with van der Waals surface area (Å²) < 4.78 is 0. The maximum absolute atomic E-state index is 12.5. The van der Waals surface area contributed by atoms with Crippen molar-refractivity contribution in [1.29, 1.82) is 0 Å². The van der Waals surface area contributed by atoms with Crippen LogP contribution in [0.1, 0.15) is 48.9 Å². The quantitative estimate of drug-likeness (QED) is 0.841. The number of halogens is 1. The average molecular weight is 292 g/mol. The summed E-state index contributed by atoms with van der Waals surface area (Å²) in [5.74, 6) is 1.09. The zero-order valence-corrected chi connectivity index (χ0v) is 13.1. The van der Waals surface area contributed by atoms with Gasteiger partial charge in [-0.15, -0.1) is 11.6 Å². The molecule has 0 saturated heterocycles. The summed E-state index contributed by atoms with van der Waals surface area (Å²) in [6.07, 6.45) is 3.12. The molecule has 1 aromatic carbocycles. The highest BCUT2D eigenvalue weighted by molar-refractivity contribution is 6.35. The molecule has 0 aliphatic heterocycles. The van der Waals surface area contributed by atoms with Gasteiger partial charge in [0.2, 0.25) is 5.91 Å². The first-order chi connectivity index (χ1) is 9.40. The lowest BCUT2D eigenvalue weighted by molar-refractivity contribution is -0.125. The predicted molar refractivity (Wildman–Crippen MR) is 81.9 cm³/mol. The molecule has 0 heterocycles. The van der Waals surface area contributed by atoms with Crippen LogP contribution in [-0.2, 0) is 4.79 Å². The van der Waals surface area contributed by atoms with Crippen LogP contribution in [0.15, 0.2) is 18.2 Å². The van der Waals surface area contributed by atoms with Crippen LogP contribution in [0.3, 0.4) is 0 Å². The molecule has 20 heavy (non-hydrogen) atoms. The number of nitrogens with one attached hydrogen (secondary N) is 1. The predicted octanol–water partition coefficient (Wildman–Crippen LogP) is 3.89. The molecule has 3 heteroatoms. The lowest BCUT2D eigenvalue weighted by atomic mass is 9.82. The van der Waals surface area contributed by atoms with E-state index in [2.05, 4.69) is 37.4 Å². The molecule has 2 atom stereocenters. The number of hydrogen-bond donors (Lipinski definition) is 1. The van der Waals surface area contributed by atoms with E-state index in [0.29, 0.717) is 11.8 Å². The van der Waals surface area contributed by atoms with E-state index < -0.39 is 4.87 Å². The molecular weight excluding hydrogens is 270 g/mol. The highest BCUT2D eigenvalue weighted by Gasteiger charge is 2.58. The molecule has 2 unspecified atom stereocenters. The fourth-order valence-corrected chi connectivity index (χ4v) is 4.30. The summed E-state index contributed by atoms with van der Waals surface area (Å²) in [6.45, 7) is 6.21. The van der Waals surface area contributed by atoms with Gasteiger partial charge >= 0.3 is 0 Å². The molecule has 3 aliphatic rings. The molecule has 3 aliphatic carbocycles. The number of carbonyl (C=O) groups is 1. The summed E-state index contributed by atoms with van der Waals surface area (Å²) >= 11 is 6.60. The normalized spacial score (nSPS) is 32.6. The molecule has 3 saturated carbocycles. The van der Waals surface area contributed by atoms with Crippen molar-refractivity contribution >= 4 is 17.5 Å². The van der Waals surface area contributed by atoms with Crippen LogP contribution in [0.4, 0.5) is 0 Å². The van der Waals surface area contributed by atoms with Gasteiger partial charge in [-0.25, -0.2) is 0 Å². The van der Waals surface area contributed by atoms with E-state index >= 15 is 0 Å². The Morgan fingerprint density at radius 3 is 2.65 bits per heavy atom. The SMILES string of the molecule is Cc1ccc(C(C)NC(=O)C2(Cl)CC3CC2C3)c(C)c1. The molecule has 4 rings (SSSR count). The summed E-state index contributed by atoms with van der Waals surface area (Å²) in [5, 5.41) is 3.13. The van der Waals surface area contributed by atoms with Crippen LogP contribution in [0.5, 0.6) is 0 Å².